The Hall–Kier alpha value is -0.720. The molecule has 4 saturated carbocycles. The van der Waals surface area contributed by atoms with Gasteiger partial charge < -0.3 is 24.8 Å². The van der Waals surface area contributed by atoms with Crippen molar-refractivity contribution in [1.29, 1.82) is 0 Å². The van der Waals surface area contributed by atoms with Crippen LogP contribution in [0.15, 0.2) is 24.3 Å². The Morgan fingerprint density at radius 3 is 2.08 bits per heavy atom. The van der Waals surface area contributed by atoms with E-state index in [9.17, 15) is 10.2 Å². The van der Waals surface area contributed by atoms with Crippen LogP contribution < -0.4 is 0 Å². The van der Waals surface area contributed by atoms with Crippen LogP contribution in [-0.2, 0) is 9.47 Å². The molecular weight excluding hydrogens is 452 g/mol. The Morgan fingerprint density at radius 1 is 1.00 bits per heavy atom. The second-order valence-corrected chi connectivity index (χ2v) is 13.9. The quantitative estimate of drug-likeness (QED) is 0.372. The first-order valence-corrected chi connectivity index (χ1v) is 14.5. The highest BCUT2D eigenvalue weighted by Crippen LogP contribution is 2.70. The average molecular weight is 503 g/mol. The summed E-state index contributed by atoms with van der Waals surface area (Å²) in [6.07, 6.45) is 8.93. The Kier molecular flexibility index (Phi) is 6.65. The van der Waals surface area contributed by atoms with Gasteiger partial charge >= 0.3 is 0 Å². The number of epoxide rings is 1. The van der Waals surface area contributed by atoms with Crippen molar-refractivity contribution < 1.29 is 24.8 Å². The predicted octanol–water partition coefficient (Wildman–Crippen LogP) is 5.03. The number of ether oxygens (including phenoxy) is 2. The zero-order valence-electron chi connectivity index (χ0n) is 23.3. The van der Waals surface area contributed by atoms with Crippen molar-refractivity contribution in [3.05, 3.63) is 24.3 Å². The molecule has 1 unspecified atom stereocenters. The molecule has 2 saturated heterocycles. The molecule has 4 aliphatic carbocycles. The van der Waals surface area contributed by atoms with Gasteiger partial charge in [-0.15, -0.1) is 0 Å². The highest BCUT2D eigenvalue weighted by atomic mass is 16.6. The van der Waals surface area contributed by atoms with E-state index in [2.05, 4.69) is 47.8 Å². The molecular formula is C31H50O5. The standard InChI is InChI=1S/C16H26O2.C15H24O3/c1-10-6-5-7-13-8-16(14(17)15(10,13)4)11(2)9-18-12(16)3;1-9(8-16)12(17)15-7-11-6-4-5-10(2)14(11,3)13(15)18-15/h10,12-14,17H,2,5-9H2,1,3-4H3;10-13,16-17H,1,4-8H2,2-3H3/t10-,12+,13+,14-,15+,16+;10-,11+,12?,13-,14+,15-/m11/s1. The van der Waals surface area contributed by atoms with Gasteiger partial charge in [-0.3, -0.25) is 0 Å². The van der Waals surface area contributed by atoms with E-state index in [1.807, 2.05) is 0 Å². The fourth-order valence-electron chi connectivity index (χ4n) is 9.73. The molecule has 0 bridgehead atoms. The molecule has 0 aromatic heterocycles. The molecule has 1 spiro atoms. The average Bonchev–Trinajstić information content (AvgIpc) is 3.36. The van der Waals surface area contributed by atoms with Crippen LogP contribution in [0.25, 0.3) is 0 Å². The molecule has 5 nitrogen and oxygen atoms in total. The van der Waals surface area contributed by atoms with E-state index < -0.39 is 11.7 Å². The van der Waals surface area contributed by atoms with E-state index in [1.54, 1.807) is 0 Å². The maximum absolute atomic E-state index is 11.1. The molecule has 6 aliphatic rings. The van der Waals surface area contributed by atoms with Crippen molar-refractivity contribution >= 4 is 0 Å². The minimum absolute atomic E-state index is 0.0587. The minimum atomic E-state index is -0.706. The van der Waals surface area contributed by atoms with Crippen LogP contribution in [0, 0.1) is 39.9 Å². The number of aliphatic hydroxyl groups is 3. The normalized spacial score (nSPS) is 53.8. The van der Waals surface area contributed by atoms with E-state index in [1.165, 1.54) is 38.5 Å². The molecule has 3 N–H and O–H groups in total. The fraction of sp³-hybridized carbons (Fsp3) is 0.871. The van der Waals surface area contributed by atoms with Crippen molar-refractivity contribution in [1.82, 2.24) is 0 Å². The van der Waals surface area contributed by atoms with Gasteiger partial charge in [0.25, 0.3) is 0 Å². The molecule has 0 aromatic rings. The first-order chi connectivity index (χ1) is 16.9. The molecule has 2 heterocycles. The zero-order valence-corrected chi connectivity index (χ0v) is 23.3. The summed E-state index contributed by atoms with van der Waals surface area (Å²) in [5.74, 6) is 2.55. The van der Waals surface area contributed by atoms with Gasteiger partial charge in [0.2, 0.25) is 0 Å². The molecule has 0 amide bonds. The van der Waals surface area contributed by atoms with Gasteiger partial charge in [0, 0.05) is 10.8 Å². The van der Waals surface area contributed by atoms with Crippen LogP contribution in [0.4, 0.5) is 0 Å². The molecule has 36 heavy (non-hydrogen) atoms. The Bertz CT molecular complexity index is 901. The third kappa shape index (κ3) is 3.38. The van der Waals surface area contributed by atoms with Crippen molar-refractivity contribution in [2.24, 2.45) is 39.9 Å². The van der Waals surface area contributed by atoms with Gasteiger partial charge in [-0.2, -0.15) is 0 Å². The smallest absolute Gasteiger partial charge is 0.125 e. The zero-order chi connectivity index (χ0) is 26.3. The minimum Gasteiger partial charge on any atom is -0.392 e. The molecule has 204 valence electrons. The highest BCUT2D eigenvalue weighted by Gasteiger charge is 2.76. The van der Waals surface area contributed by atoms with E-state index in [0.29, 0.717) is 35.9 Å². The van der Waals surface area contributed by atoms with Crippen molar-refractivity contribution in [2.45, 2.75) is 116 Å². The van der Waals surface area contributed by atoms with Crippen molar-refractivity contribution in [3.63, 3.8) is 0 Å². The van der Waals surface area contributed by atoms with Gasteiger partial charge in [0.15, 0.2) is 0 Å². The summed E-state index contributed by atoms with van der Waals surface area (Å²) in [6.45, 7) is 19.9. The SMILES string of the molecule is C=C(CO)C(O)[C@]12C[C@@H]3CCC[C@@H](C)[C@]3(C)[C@H]1O2.C=C1CO[C@@H](C)[C@]12C[C@@H]1CCC[C@@H](C)[C@]1(C)[C@H]2O. The van der Waals surface area contributed by atoms with Crippen LogP contribution in [-0.4, -0.2) is 58.6 Å². The van der Waals surface area contributed by atoms with Gasteiger partial charge in [0.05, 0.1) is 31.5 Å². The van der Waals surface area contributed by atoms with Gasteiger partial charge in [-0.05, 0) is 72.8 Å². The lowest BCUT2D eigenvalue weighted by Gasteiger charge is -2.45. The van der Waals surface area contributed by atoms with Crippen LogP contribution in [0.2, 0.25) is 0 Å². The van der Waals surface area contributed by atoms with E-state index in [0.717, 1.165) is 18.4 Å². The summed E-state index contributed by atoms with van der Waals surface area (Å²) in [7, 11) is 0. The Balaban J connectivity index is 0.000000148. The highest BCUT2D eigenvalue weighted by molar-refractivity contribution is 5.30. The summed E-state index contributed by atoms with van der Waals surface area (Å²) < 4.78 is 11.7. The molecule has 5 heteroatoms. The molecule has 0 aromatic carbocycles. The van der Waals surface area contributed by atoms with E-state index >= 15 is 0 Å². The largest absolute Gasteiger partial charge is 0.392 e. The maximum atomic E-state index is 11.1. The summed E-state index contributed by atoms with van der Waals surface area (Å²) in [6, 6.07) is 0. The maximum Gasteiger partial charge on any atom is 0.125 e. The van der Waals surface area contributed by atoms with E-state index in [4.69, 9.17) is 14.6 Å². The summed E-state index contributed by atoms with van der Waals surface area (Å²) >= 11 is 0. The number of fused-ring (bicyclic) bond motifs is 4. The first kappa shape index (κ1) is 26.9. The van der Waals surface area contributed by atoms with Crippen LogP contribution >= 0.6 is 0 Å². The van der Waals surface area contributed by atoms with Gasteiger partial charge in [-0.1, -0.05) is 66.5 Å². The lowest BCUT2D eigenvalue weighted by atomic mass is 9.61. The Labute approximate surface area is 218 Å². The summed E-state index contributed by atoms with van der Waals surface area (Å²) in [5.41, 5.74) is 1.28. The summed E-state index contributed by atoms with van der Waals surface area (Å²) in [4.78, 5) is 0. The second-order valence-electron chi connectivity index (χ2n) is 13.9. The second kappa shape index (κ2) is 8.91. The Morgan fingerprint density at radius 2 is 1.58 bits per heavy atom. The molecule has 2 aliphatic heterocycles. The molecule has 6 rings (SSSR count). The number of aliphatic hydroxyl groups excluding tert-OH is 3. The first-order valence-electron chi connectivity index (χ1n) is 14.5. The van der Waals surface area contributed by atoms with Crippen LogP contribution in [0.5, 0.6) is 0 Å². The molecule has 0 radical (unpaired) electrons. The lowest BCUT2D eigenvalue weighted by Crippen LogP contribution is -2.48. The van der Waals surface area contributed by atoms with E-state index in [-0.39, 0.29) is 41.2 Å². The number of hydrogen-bond acceptors (Lipinski definition) is 5. The topological polar surface area (TPSA) is 82.5 Å². The monoisotopic (exact) mass is 502 g/mol. The number of hydrogen-bond donors (Lipinski definition) is 3. The van der Waals surface area contributed by atoms with Crippen molar-refractivity contribution in [2.75, 3.05) is 13.2 Å². The third-order valence-electron chi connectivity index (χ3n) is 12.7. The third-order valence-corrected chi connectivity index (χ3v) is 12.7. The molecule has 12 atom stereocenters. The summed E-state index contributed by atoms with van der Waals surface area (Å²) in [5, 5.41) is 30.6. The van der Waals surface area contributed by atoms with Gasteiger partial charge in [-0.25, -0.2) is 0 Å². The predicted molar refractivity (Wildman–Crippen MR) is 141 cm³/mol. The lowest BCUT2D eigenvalue weighted by molar-refractivity contribution is -0.0756. The van der Waals surface area contributed by atoms with Gasteiger partial charge in [0.1, 0.15) is 11.7 Å². The van der Waals surface area contributed by atoms with Crippen LogP contribution in [0.1, 0.15) is 86.0 Å². The fourth-order valence-corrected chi connectivity index (χ4v) is 9.73. The number of rotatable bonds is 3. The van der Waals surface area contributed by atoms with Crippen molar-refractivity contribution in [3.8, 4) is 0 Å². The molecule has 6 fully saturated rings. The van der Waals surface area contributed by atoms with Crippen LogP contribution in [0.3, 0.4) is 0 Å².